The van der Waals surface area contributed by atoms with E-state index >= 15 is 0 Å². The molecule has 2 aliphatic heterocycles. The Morgan fingerprint density at radius 1 is 1.37 bits per heavy atom. The number of nitrogens with zero attached hydrogens (tertiary/aromatic N) is 2. The van der Waals surface area contributed by atoms with Crippen molar-refractivity contribution in [2.24, 2.45) is 0 Å². The van der Waals surface area contributed by atoms with Crippen LogP contribution in [0.3, 0.4) is 0 Å². The van der Waals surface area contributed by atoms with E-state index in [1.165, 1.54) is 0 Å². The summed E-state index contributed by atoms with van der Waals surface area (Å²) < 4.78 is 0. The van der Waals surface area contributed by atoms with E-state index in [1.807, 2.05) is 42.2 Å². The van der Waals surface area contributed by atoms with E-state index in [0.717, 1.165) is 35.2 Å². The zero-order valence-electron chi connectivity index (χ0n) is 15.0. The minimum absolute atomic E-state index is 0.0392. The molecule has 8 heteroatoms. The molecule has 0 radical (unpaired) electrons. The lowest BCUT2D eigenvalue weighted by molar-refractivity contribution is -0.125. The summed E-state index contributed by atoms with van der Waals surface area (Å²) in [7, 11) is 0. The minimum Gasteiger partial charge on any atom is -0.365 e. The zero-order valence-corrected chi connectivity index (χ0v) is 15.0. The van der Waals surface area contributed by atoms with Crippen LogP contribution in [0.1, 0.15) is 25.2 Å². The number of fused-ring (bicyclic) bond motifs is 1. The van der Waals surface area contributed by atoms with Gasteiger partial charge in [-0.2, -0.15) is 0 Å². The molecule has 2 aromatic rings. The average Bonchev–Trinajstić information content (AvgIpc) is 3.31. The summed E-state index contributed by atoms with van der Waals surface area (Å²) in [5.74, 6) is 0.800. The Morgan fingerprint density at radius 3 is 3.00 bits per heavy atom. The van der Waals surface area contributed by atoms with Crippen LogP contribution in [-0.2, 0) is 4.79 Å². The van der Waals surface area contributed by atoms with Gasteiger partial charge < -0.3 is 15.5 Å². The number of aromatic nitrogens is 1. The quantitative estimate of drug-likeness (QED) is 0.617. The molecule has 0 saturated carbocycles. The predicted octanol–water partition coefficient (Wildman–Crippen LogP) is 1.64. The monoisotopic (exact) mass is 366 g/mol. The third-order valence-electron chi connectivity index (χ3n) is 4.81. The highest BCUT2D eigenvalue weighted by atomic mass is 16.2. The lowest BCUT2D eigenvalue weighted by Gasteiger charge is -2.19. The van der Waals surface area contributed by atoms with Gasteiger partial charge in [-0.15, -0.1) is 0 Å². The summed E-state index contributed by atoms with van der Waals surface area (Å²) >= 11 is 0. The van der Waals surface area contributed by atoms with Crippen LogP contribution in [-0.4, -0.2) is 41.0 Å². The van der Waals surface area contributed by atoms with Gasteiger partial charge in [0.2, 0.25) is 5.91 Å². The number of hydrogen-bond acceptors (Lipinski definition) is 5. The van der Waals surface area contributed by atoms with Crippen LogP contribution in [0.4, 0.5) is 10.6 Å². The van der Waals surface area contributed by atoms with E-state index in [4.69, 9.17) is 4.98 Å². The molecule has 4 N–H and O–H groups in total. The summed E-state index contributed by atoms with van der Waals surface area (Å²) in [6.07, 6.45) is 3.83. The van der Waals surface area contributed by atoms with Crippen LogP contribution in [0.25, 0.3) is 10.8 Å². The fourth-order valence-electron chi connectivity index (χ4n) is 3.49. The summed E-state index contributed by atoms with van der Waals surface area (Å²) in [5, 5.41) is 8.32. The molecule has 0 bridgehead atoms. The number of carbonyl (C=O) groups is 2. The number of rotatable bonds is 4. The molecule has 0 aliphatic carbocycles. The largest absolute Gasteiger partial charge is 0.365 e. The van der Waals surface area contributed by atoms with Crippen molar-refractivity contribution in [1.82, 2.24) is 26.1 Å². The van der Waals surface area contributed by atoms with Gasteiger partial charge in [-0.25, -0.2) is 15.2 Å². The molecule has 1 aromatic heterocycles. The molecule has 2 atom stereocenters. The highest BCUT2D eigenvalue weighted by molar-refractivity contribution is 5.92. The Balaban J connectivity index is 1.59. The standard InChI is InChI=1S/C19H22N6O2/c1-2-5-16(26)25-9-8-13(11-25)20-17-14-7-4-3-6-12(14)10-15(21-17)18-22-19(27)24-23-18/h2-7,10,13,18,23H,8-9,11H2,1H3,(H,20,21)(H2,22,24,27)/b5-2+/t13-,18?/m0/s1. The SMILES string of the molecule is C/C=C/C(=O)N1CC[C@H](Nc2nc(C3NNC(=O)N3)cc3ccccc23)C1. The van der Waals surface area contributed by atoms with Gasteiger partial charge in [-0.05, 0) is 30.9 Å². The number of allylic oxidation sites excluding steroid dienone is 1. The Kier molecular flexibility index (Phi) is 4.64. The zero-order chi connectivity index (χ0) is 18.8. The van der Waals surface area contributed by atoms with Gasteiger partial charge in [-0.3, -0.25) is 10.2 Å². The van der Waals surface area contributed by atoms with Crippen molar-refractivity contribution in [1.29, 1.82) is 0 Å². The first-order chi connectivity index (χ1) is 13.1. The van der Waals surface area contributed by atoms with Crippen molar-refractivity contribution < 1.29 is 9.59 Å². The number of hydrazine groups is 1. The van der Waals surface area contributed by atoms with Crippen LogP contribution in [0, 0.1) is 0 Å². The Hall–Kier alpha value is -3.13. The smallest absolute Gasteiger partial charge is 0.330 e. The Labute approximate surface area is 157 Å². The second-order valence-electron chi connectivity index (χ2n) is 6.71. The molecule has 4 rings (SSSR count). The highest BCUT2D eigenvalue weighted by Crippen LogP contribution is 2.27. The first kappa shape index (κ1) is 17.3. The number of hydrogen-bond donors (Lipinski definition) is 4. The maximum Gasteiger partial charge on any atom is 0.330 e. The van der Waals surface area contributed by atoms with Crippen molar-refractivity contribution in [3.05, 3.63) is 48.2 Å². The molecule has 2 aliphatic rings. The van der Waals surface area contributed by atoms with Gasteiger partial charge in [-0.1, -0.05) is 30.3 Å². The minimum atomic E-state index is -0.390. The maximum absolute atomic E-state index is 12.1. The van der Waals surface area contributed by atoms with Crippen molar-refractivity contribution in [3.8, 4) is 0 Å². The first-order valence-corrected chi connectivity index (χ1v) is 9.04. The van der Waals surface area contributed by atoms with Gasteiger partial charge >= 0.3 is 6.03 Å². The third kappa shape index (κ3) is 3.56. The second-order valence-corrected chi connectivity index (χ2v) is 6.71. The second kappa shape index (κ2) is 7.24. The highest BCUT2D eigenvalue weighted by Gasteiger charge is 2.27. The van der Waals surface area contributed by atoms with E-state index in [1.54, 1.807) is 12.2 Å². The van der Waals surface area contributed by atoms with Gasteiger partial charge in [0, 0.05) is 24.5 Å². The first-order valence-electron chi connectivity index (χ1n) is 9.04. The topological polar surface area (TPSA) is 98.4 Å². The summed E-state index contributed by atoms with van der Waals surface area (Å²) in [6.45, 7) is 3.21. The number of benzene rings is 1. The van der Waals surface area contributed by atoms with E-state index in [0.29, 0.717) is 6.54 Å². The van der Waals surface area contributed by atoms with E-state index in [2.05, 4.69) is 21.5 Å². The van der Waals surface area contributed by atoms with E-state index in [9.17, 15) is 9.59 Å². The number of anilines is 1. The van der Waals surface area contributed by atoms with Crippen LogP contribution < -0.4 is 21.5 Å². The molecule has 1 aromatic carbocycles. The van der Waals surface area contributed by atoms with Gasteiger partial charge in [0.15, 0.2) is 0 Å². The molecular formula is C19H22N6O2. The number of carbonyl (C=O) groups excluding carboxylic acids is 2. The van der Waals surface area contributed by atoms with Crippen molar-refractivity contribution in [2.45, 2.75) is 25.6 Å². The molecule has 0 spiro atoms. The Morgan fingerprint density at radius 2 is 2.22 bits per heavy atom. The number of nitrogens with one attached hydrogen (secondary N) is 4. The molecule has 2 fully saturated rings. The van der Waals surface area contributed by atoms with Gasteiger partial charge in [0.05, 0.1) is 5.69 Å². The molecule has 1 unspecified atom stereocenters. The van der Waals surface area contributed by atoms with Crippen LogP contribution >= 0.6 is 0 Å². The fourth-order valence-corrected chi connectivity index (χ4v) is 3.49. The number of likely N-dealkylation sites (tertiary alicyclic amines) is 1. The molecule has 8 nitrogen and oxygen atoms in total. The summed E-state index contributed by atoms with van der Waals surface area (Å²) in [4.78, 5) is 30.1. The summed E-state index contributed by atoms with van der Waals surface area (Å²) in [5.41, 5.74) is 6.13. The summed E-state index contributed by atoms with van der Waals surface area (Å²) in [6, 6.07) is 9.80. The number of amides is 3. The normalized spacial score (nSPS) is 22.3. The molecule has 3 heterocycles. The lowest BCUT2D eigenvalue weighted by Crippen LogP contribution is -2.31. The predicted molar refractivity (Wildman–Crippen MR) is 103 cm³/mol. The molecule has 2 saturated heterocycles. The third-order valence-corrected chi connectivity index (χ3v) is 4.81. The van der Waals surface area contributed by atoms with Crippen LogP contribution in [0.15, 0.2) is 42.5 Å². The fraction of sp³-hybridized carbons (Fsp3) is 0.316. The average molecular weight is 366 g/mol. The van der Waals surface area contributed by atoms with Crippen molar-refractivity contribution in [3.63, 3.8) is 0 Å². The molecule has 27 heavy (non-hydrogen) atoms. The molecule has 140 valence electrons. The van der Waals surface area contributed by atoms with Crippen molar-refractivity contribution in [2.75, 3.05) is 18.4 Å². The maximum atomic E-state index is 12.1. The van der Waals surface area contributed by atoms with Gasteiger partial charge in [0.1, 0.15) is 12.0 Å². The van der Waals surface area contributed by atoms with E-state index < -0.39 is 0 Å². The van der Waals surface area contributed by atoms with Crippen LogP contribution in [0.2, 0.25) is 0 Å². The molecule has 3 amide bonds. The number of pyridine rings is 1. The Bertz CT molecular complexity index is 912. The van der Waals surface area contributed by atoms with Crippen LogP contribution in [0.5, 0.6) is 0 Å². The number of urea groups is 1. The lowest BCUT2D eigenvalue weighted by atomic mass is 10.1. The van der Waals surface area contributed by atoms with Gasteiger partial charge in [0.25, 0.3) is 0 Å². The van der Waals surface area contributed by atoms with E-state index in [-0.39, 0.29) is 24.1 Å². The molecular weight excluding hydrogens is 344 g/mol. The van der Waals surface area contributed by atoms with Crippen molar-refractivity contribution >= 4 is 28.5 Å².